The summed E-state index contributed by atoms with van der Waals surface area (Å²) >= 11 is 0. The lowest BCUT2D eigenvalue weighted by molar-refractivity contribution is 0.354. The number of nitrogens with zero attached hydrogens (tertiary/aromatic N) is 1. The Morgan fingerprint density at radius 1 is 1.10 bits per heavy atom. The highest BCUT2D eigenvalue weighted by molar-refractivity contribution is 5.51. The minimum atomic E-state index is 0.151. The highest BCUT2D eigenvalue weighted by atomic mass is 16.5. The van der Waals surface area contributed by atoms with Gasteiger partial charge in [0.25, 0.3) is 0 Å². The molecule has 0 aliphatic heterocycles. The van der Waals surface area contributed by atoms with E-state index in [0.717, 1.165) is 22.7 Å². The Kier molecular flexibility index (Phi) is 4.45. The Hall–Kier alpha value is -2.23. The molecule has 106 valence electrons. The van der Waals surface area contributed by atoms with Gasteiger partial charge in [-0.25, -0.2) is 0 Å². The zero-order valence-corrected chi connectivity index (χ0v) is 12.3. The largest absolute Gasteiger partial charge is 0.493 e. The van der Waals surface area contributed by atoms with E-state index in [1.165, 1.54) is 5.56 Å². The van der Waals surface area contributed by atoms with Gasteiger partial charge in [-0.05, 0) is 43.2 Å². The van der Waals surface area contributed by atoms with Crippen molar-refractivity contribution < 1.29 is 9.47 Å². The Bertz CT molecular complexity index is 584. The van der Waals surface area contributed by atoms with Crippen LogP contribution in [-0.4, -0.2) is 19.2 Å². The lowest BCUT2D eigenvalue weighted by atomic mass is 10.1. The summed E-state index contributed by atoms with van der Waals surface area (Å²) in [6, 6.07) is 8.08. The van der Waals surface area contributed by atoms with Gasteiger partial charge in [0.15, 0.2) is 11.5 Å². The van der Waals surface area contributed by atoms with Crippen LogP contribution < -0.4 is 14.8 Å². The van der Waals surface area contributed by atoms with Crippen molar-refractivity contribution in [2.45, 2.75) is 19.9 Å². The van der Waals surface area contributed by atoms with E-state index in [2.05, 4.69) is 24.1 Å². The maximum absolute atomic E-state index is 5.34. The van der Waals surface area contributed by atoms with Crippen LogP contribution in [0.3, 0.4) is 0 Å². The van der Waals surface area contributed by atoms with Crippen molar-refractivity contribution in [3.8, 4) is 11.5 Å². The van der Waals surface area contributed by atoms with Gasteiger partial charge in [0, 0.05) is 12.2 Å². The molecule has 1 atom stereocenters. The summed E-state index contributed by atoms with van der Waals surface area (Å²) in [6.45, 7) is 4.17. The number of anilines is 1. The first-order valence-electron chi connectivity index (χ1n) is 6.54. The van der Waals surface area contributed by atoms with Gasteiger partial charge in [-0.1, -0.05) is 6.07 Å². The van der Waals surface area contributed by atoms with E-state index >= 15 is 0 Å². The van der Waals surface area contributed by atoms with Gasteiger partial charge in [0.2, 0.25) is 0 Å². The predicted octanol–water partition coefficient (Wildman–Crippen LogP) is 3.58. The van der Waals surface area contributed by atoms with Crippen LogP contribution in [0, 0.1) is 6.92 Å². The van der Waals surface area contributed by atoms with Crippen LogP contribution in [0.2, 0.25) is 0 Å². The van der Waals surface area contributed by atoms with Gasteiger partial charge < -0.3 is 14.8 Å². The number of ether oxygens (including phenoxy) is 2. The molecule has 0 bridgehead atoms. The second kappa shape index (κ2) is 6.28. The molecule has 1 heterocycles. The summed E-state index contributed by atoms with van der Waals surface area (Å²) < 4.78 is 10.6. The number of aromatic nitrogens is 1. The van der Waals surface area contributed by atoms with E-state index in [0.29, 0.717) is 0 Å². The number of rotatable bonds is 5. The summed E-state index contributed by atoms with van der Waals surface area (Å²) in [6.07, 6.45) is 3.63. The first-order valence-corrected chi connectivity index (χ1v) is 6.54. The molecule has 4 heteroatoms. The lowest BCUT2D eigenvalue weighted by Crippen LogP contribution is -2.08. The molecule has 1 aromatic carbocycles. The molecule has 0 aliphatic carbocycles. The van der Waals surface area contributed by atoms with Crippen molar-refractivity contribution in [3.63, 3.8) is 0 Å². The van der Waals surface area contributed by atoms with Gasteiger partial charge in [0.1, 0.15) is 0 Å². The van der Waals surface area contributed by atoms with Crippen molar-refractivity contribution in [2.75, 3.05) is 19.5 Å². The molecule has 0 saturated carbocycles. The van der Waals surface area contributed by atoms with Crippen LogP contribution in [0.4, 0.5) is 5.69 Å². The maximum atomic E-state index is 5.34. The number of pyridine rings is 1. The molecule has 1 aromatic heterocycles. The monoisotopic (exact) mass is 272 g/mol. The second-order valence-corrected chi connectivity index (χ2v) is 4.67. The molecule has 4 nitrogen and oxygen atoms in total. The summed E-state index contributed by atoms with van der Waals surface area (Å²) in [5, 5.41) is 3.46. The topological polar surface area (TPSA) is 43.4 Å². The van der Waals surface area contributed by atoms with Crippen LogP contribution in [0.25, 0.3) is 0 Å². The molecule has 2 rings (SSSR count). The van der Waals surface area contributed by atoms with Gasteiger partial charge in [0.05, 0.1) is 26.1 Å². The van der Waals surface area contributed by atoms with Crippen molar-refractivity contribution in [2.24, 2.45) is 0 Å². The minimum absolute atomic E-state index is 0.151. The Balaban J connectivity index is 2.21. The normalized spacial score (nSPS) is 11.8. The van der Waals surface area contributed by atoms with Crippen molar-refractivity contribution in [1.29, 1.82) is 0 Å². The molecule has 0 spiro atoms. The molecule has 0 saturated heterocycles. The van der Waals surface area contributed by atoms with E-state index in [1.807, 2.05) is 30.5 Å². The summed E-state index contributed by atoms with van der Waals surface area (Å²) in [5.41, 5.74) is 3.34. The fourth-order valence-corrected chi connectivity index (χ4v) is 2.05. The molecule has 0 radical (unpaired) electrons. The van der Waals surface area contributed by atoms with E-state index < -0.39 is 0 Å². The van der Waals surface area contributed by atoms with E-state index in [1.54, 1.807) is 20.4 Å². The first kappa shape index (κ1) is 14.2. The smallest absolute Gasteiger partial charge is 0.161 e. The minimum Gasteiger partial charge on any atom is -0.493 e. The van der Waals surface area contributed by atoms with Crippen molar-refractivity contribution >= 4 is 5.69 Å². The third-order valence-corrected chi connectivity index (χ3v) is 3.32. The van der Waals surface area contributed by atoms with Crippen LogP contribution in [0.1, 0.15) is 24.1 Å². The van der Waals surface area contributed by atoms with Crippen molar-refractivity contribution in [1.82, 2.24) is 4.98 Å². The third kappa shape index (κ3) is 3.02. The Morgan fingerprint density at radius 3 is 2.50 bits per heavy atom. The average molecular weight is 272 g/mol. The number of nitrogens with one attached hydrogen (secondary N) is 1. The highest BCUT2D eigenvalue weighted by Gasteiger charge is 2.11. The molecule has 0 fully saturated rings. The molecule has 0 amide bonds. The predicted molar refractivity (Wildman–Crippen MR) is 80.6 cm³/mol. The Morgan fingerprint density at radius 2 is 1.85 bits per heavy atom. The van der Waals surface area contributed by atoms with Gasteiger partial charge in [-0.2, -0.15) is 0 Å². The number of benzene rings is 1. The zero-order valence-electron chi connectivity index (χ0n) is 12.3. The summed E-state index contributed by atoms with van der Waals surface area (Å²) in [4.78, 5) is 4.15. The fourth-order valence-electron chi connectivity index (χ4n) is 2.05. The van der Waals surface area contributed by atoms with Crippen LogP contribution in [0.15, 0.2) is 36.7 Å². The second-order valence-electron chi connectivity index (χ2n) is 4.67. The standard InChI is InChI=1S/C16H20N2O2/c1-11-7-8-17-10-14(11)18-12(2)13-5-6-15(19-3)16(9-13)20-4/h5-10,12,18H,1-4H3. The van der Waals surface area contributed by atoms with Crippen LogP contribution in [-0.2, 0) is 0 Å². The SMILES string of the molecule is COc1ccc(C(C)Nc2cnccc2C)cc1OC. The molecule has 2 aromatic rings. The third-order valence-electron chi connectivity index (χ3n) is 3.32. The number of hydrogen-bond acceptors (Lipinski definition) is 4. The number of aryl methyl sites for hydroxylation is 1. The van der Waals surface area contributed by atoms with Crippen molar-refractivity contribution in [3.05, 3.63) is 47.8 Å². The summed E-state index contributed by atoms with van der Waals surface area (Å²) in [7, 11) is 3.28. The van der Waals surface area contributed by atoms with E-state index in [4.69, 9.17) is 9.47 Å². The van der Waals surface area contributed by atoms with Crippen LogP contribution >= 0.6 is 0 Å². The molecule has 20 heavy (non-hydrogen) atoms. The zero-order chi connectivity index (χ0) is 14.5. The molecule has 1 N–H and O–H groups in total. The summed E-state index contributed by atoms with van der Waals surface area (Å²) in [5.74, 6) is 1.47. The molecule has 0 aliphatic rings. The lowest BCUT2D eigenvalue weighted by Gasteiger charge is -2.18. The molecular formula is C16H20N2O2. The molecular weight excluding hydrogens is 252 g/mol. The van der Waals surface area contributed by atoms with Gasteiger partial charge in [-0.15, -0.1) is 0 Å². The highest BCUT2D eigenvalue weighted by Crippen LogP contribution is 2.31. The first-order chi connectivity index (χ1) is 9.65. The molecule has 1 unspecified atom stereocenters. The fraction of sp³-hybridized carbons (Fsp3) is 0.312. The number of methoxy groups -OCH3 is 2. The van der Waals surface area contributed by atoms with E-state index in [9.17, 15) is 0 Å². The quantitative estimate of drug-likeness (QED) is 0.903. The van der Waals surface area contributed by atoms with Gasteiger partial charge in [-0.3, -0.25) is 4.98 Å². The Labute approximate surface area is 119 Å². The van der Waals surface area contributed by atoms with Gasteiger partial charge >= 0.3 is 0 Å². The van der Waals surface area contributed by atoms with E-state index in [-0.39, 0.29) is 6.04 Å². The van der Waals surface area contributed by atoms with Crippen LogP contribution in [0.5, 0.6) is 11.5 Å². The maximum Gasteiger partial charge on any atom is 0.161 e. The average Bonchev–Trinajstić information content (AvgIpc) is 2.48. The number of hydrogen-bond donors (Lipinski definition) is 1.